The van der Waals surface area contributed by atoms with Crippen LogP contribution in [-0.2, 0) is 26.0 Å². The molecule has 1 aliphatic heterocycles. The van der Waals surface area contributed by atoms with Crippen LogP contribution in [0.25, 0.3) is 0 Å². The lowest BCUT2D eigenvalue weighted by atomic mass is 9.84. The lowest BCUT2D eigenvalue weighted by Crippen LogP contribution is -2.55. The zero-order chi connectivity index (χ0) is 33.7. The van der Waals surface area contributed by atoms with E-state index in [0.29, 0.717) is 38.5 Å². The van der Waals surface area contributed by atoms with Gasteiger partial charge in [-0.2, -0.15) is 4.31 Å². The summed E-state index contributed by atoms with van der Waals surface area (Å²) in [6, 6.07) is 5.67. The quantitative estimate of drug-likeness (QED) is 0.260. The van der Waals surface area contributed by atoms with E-state index in [4.69, 9.17) is 0 Å². The molecular weight excluding hydrogens is 638 g/mol. The van der Waals surface area contributed by atoms with Crippen molar-refractivity contribution >= 4 is 27.5 Å². The first-order valence-corrected chi connectivity index (χ1v) is 17.1. The summed E-state index contributed by atoms with van der Waals surface area (Å²) in [5, 5.41) is 7.94. The van der Waals surface area contributed by atoms with Gasteiger partial charge in [0, 0.05) is 50.1 Å². The highest BCUT2D eigenvalue weighted by Crippen LogP contribution is 2.33. The van der Waals surface area contributed by atoms with Gasteiger partial charge in [-0.1, -0.05) is 25.0 Å². The molecule has 3 N–H and O–H groups in total. The molecule has 1 saturated carbocycles. The van der Waals surface area contributed by atoms with Crippen LogP contribution in [0.4, 0.5) is 23.2 Å². The Morgan fingerprint density at radius 3 is 2.32 bits per heavy atom. The van der Waals surface area contributed by atoms with E-state index in [1.165, 1.54) is 22.6 Å². The second kappa shape index (κ2) is 14.9. The van der Waals surface area contributed by atoms with Gasteiger partial charge in [0.05, 0.1) is 23.3 Å². The first-order valence-electron chi connectivity index (χ1n) is 15.6. The fourth-order valence-corrected chi connectivity index (χ4v) is 8.82. The Morgan fingerprint density at radius 2 is 1.66 bits per heavy atom. The van der Waals surface area contributed by atoms with Crippen molar-refractivity contribution in [2.45, 2.75) is 68.7 Å². The topological polar surface area (TPSA) is 120 Å². The van der Waals surface area contributed by atoms with E-state index in [9.17, 15) is 31.2 Å². The smallest absolute Gasteiger partial charge is 0.247 e. The van der Waals surface area contributed by atoms with Crippen LogP contribution in [0.15, 0.2) is 54.9 Å². The van der Waals surface area contributed by atoms with Crippen LogP contribution in [0.1, 0.15) is 61.6 Å². The Labute approximate surface area is 271 Å². The van der Waals surface area contributed by atoms with Gasteiger partial charge in [-0.25, -0.2) is 26.0 Å². The molecule has 1 saturated heterocycles. The zero-order valence-corrected chi connectivity index (χ0v) is 26.6. The van der Waals surface area contributed by atoms with E-state index in [0.717, 1.165) is 50.2 Å². The average Bonchev–Trinajstić information content (AvgIpc) is 3.57. The number of piperazine rings is 1. The summed E-state index contributed by atoms with van der Waals surface area (Å²) in [7, 11) is -3.55. The molecule has 1 aromatic heterocycles. The van der Waals surface area contributed by atoms with Crippen LogP contribution in [0.3, 0.4) is 0 Å². The highest BCUT2D eigenvalue weighted by molar-refractivity contribution is 7.89. The van der Waals surface area contributed by atoms with E-state index in [1.54, 1.807) is 0 Å². The maximum Gasteiger partial charge on any atom is 0.247 e. The van der Waals surface area contributed by atoms with Gasteiger partial charge < -0.3 is 16.0 Å². The van der Waals surface area contributed by atoms with Gasteiger partial charge in [-0.15, -0.1) is 0 Å². The maximum atomic E-state index is 15.3. The summed E-state index contributed by atoms with van der Waals surface area (Å²) in [5.41, 5.74) is 0.335. The molecule has 2 aromatic carbocycles. The first-order chi connectivity index (χ1) is 22.4. The number of nitrogens with one attached hydrogen (secondary N) is 3. The van der Waals surface area contributed by atoms with E-state index in [-0.39, 0.29) is 35.2 Å². The largest absolute Gasteiger partial charge is 0.344 e. The number of sulfonamides is 1. The SMILES string of the molecule is CC(=O)N[C@H](C(=O)Nc1cncc(F)c1CC[C@H]1CNCCN1S(=O)(=O)C1CCCC1)[C@@H](c1ccc(F)cc1)c1cc(F)cc(F)c1. The van der Waals surface area contributed by atoms with Gasteiger partial charge in [0.25, 0.3) is 0 Å². The monoisotopic (exact) mass is 675 g/mol. The van der Waals surface area contributed by atoms with Crippen molar-refractivity contribution in [1.82, 2.24) is 19.9 Å². The molecule has 9 nitrogen and oxygen atoms in total. The molecular formula is C33H37F4N5O4S. The Balaban J connectivity index is 1.43. The van der Waals surface area contributed by atoms with Crippen molar-refractivity contribution in [3.8, 4) is 0 Å². The fraction of sp³-hybridized carbons (Fsp3) is 0.424. The molecule has 0 radical (unpaired) electrons. The summed E-state index contributed by atoms with van der Waals surface area (Å²) >= 11 is 0. The van der Waals surface area contributed by atoms with Crippen LogP contribution in [0.2, 0.25) is 0 Å². The predicted molar refractivity (Wildman–Crippen MR) is 168 cm³/mol. The number of hydrogen-bond donors (Lipinski definition) is 3. The van der Waals surface area contributed by atoms with Crippen molar-refractivity contribution in [1.29, 1.82) is 0 Å². The van der Waals surface area contributed by atoms with Gasteiger partial charge in [0.1, 0.15) is 29.3 Å². The van der Waals surface area contributed by atoms with Crippen LogP contribution in [0.5, 0.6) is 0 Å². The summed E-state index contributed by atoms with van der Waals surface area (Å²) in [6.45, 7) is 2.35. The van der Waals surface area contributed by atoms with E-state index >= 15 is 4.39 Å². The van der Waals surface area contributed by atoms with Gasteiger partial charge in [0.15, 0.2) is 0 Å². The zero-order valence-electron chi connectivity index (χ0n) is 25.8. The molecule has 0 unspecified atom stereocenters. The summed E-state index contributed by atoms with van der Waals surface area (Å²) in [6.07, 6.45) is 5.48. The fourth-order valence-electron chi connectivity index (χ4n) is 6.57. The Bertz CT molecular complexity index is 1680. The minimum absolute atomic E-state index is 0.00559. The molecule has 0 spiro atoms. The summed E-state index contributed by atoms with van der Waals surface area (Å²) in [5.74, 6) is -5.83. The maximum absolute atomic E-state index is 15.3. The molecule has 0 bridgehead atoms. The number of aromatic nitrogens is 1. The minimum Gasteiger partial charge on any atom is -0.344 e. The molecule has 1 aliphatic carbocycles. The molecule has 2 amide bonds. The van der Waals surface area contributed by atoms with Crippen molar-refractivity contribution in [3.05, 3.63) is 94.8 Å². The van der Waals surface area contributed by atoms with Crippen molar-refractivity contribution in [2.75, 3.05) is 25.0 Å². The van der Waals surface area contributed by atoms with E-state index in [1.807, 2.05) is 0 Å². The first kappa shape index (κ1) is 34.5. The van der Waals surface area contributed by atoms with Crippen LogP contribution >= 0.6 is 0 Å². The number of anilines is 1. The number of benzene rings is 2. The van der Waals surface area contributed by atoms with Crippen LogP contribution < -0.4 is 16.0 Å². The number of halogens is 4. The molecule has 3 atom stereocenters. The molecule has 47 heavy (non-hydrogen) atoms. The van der Waals surface area contributed by atoms with Gasteiger partial charge in [0.2, 0.25) is 21.8 Å². The molecule has 252 valence electrons. The number of hydrogen-bond acceptors (Lipinski definition) is 6. The molecule has 2 aliphatic rings. The number of pyridine rings is 1. The normalized spacial score (nSPS) is 18.9. The van der Waals surface area contributed by atoms with Gasteiger partial charge in [-0.3, -0.25) is 14.6 Å². The number of amides is 2. The van der Waals surface area contributed by atoms with Crippen LogP contribution in [-0.4, -0.2) is 66.5 Å². The third-order valence-electron chi connectivity index (χ3n) is 8.78. The van der Waals surface area contributed by atoms with Crippen molar-refractivity contribution in [2.24, 2.45) is 0 Å². The lowest BCUT2D eigenvalue weighted by molar-refractivity contribution is -0.125. The molecule has 2 heterocycles. The van der Waals surface area contributed by atoms with Crippen molar-refractivity contribution < 1.29 is 35.6 Å². The molecule has 2 fully saturated rings. The molecule has 3 aromatic rings. The predicted octanol–water partition coefficient (Wildman–Crippen LogP) is 4.39. The highest BCUT2D eigenvalue weighted by Gasteiger charge is 2.39. The Morgan fingerprint density at radius 1 is 0.979 bits per heavy atom. The number of carbonyl (C=O) groups excluding carboxylic acids is 2. The Hall–Kier alpha value is -3.88. The number of nitrogens with zero attached hydrogens (tertiary/aromatic N) is 2. The van der Waals surface area contributed by atoms with Gasteiger partial charge >= 0.3 is 0 Å². The summed E-state index contributed by atoms with van der Waals surface area (Å²) < 4.78 is 86.4. The molecule has 14 heteroatoms. The summed E-state index contributed by atoms with van der Waals surface area (Å²) in [4.78, 5) is 30.2. The number of carbonyl (C=O) groups is 2. The standard InChI is InChI=1S/C33H37F4N5O4S/c1-20(43)40-32(31(21-6-8-23(34)9-7-21)22-14-24(35)16-25(36)15-22)33(44)41-30-19-39-18-29(37)28(30)11-10-26-17-38-12-13-42(26)47(45,46)27-4-2-3-5-27/h6-9,14-16,18-19,26-27,31-32,38H,2-5,10-13,17H2,1H3,(H,40,43)(H,41,44)/t26-,31-,32-/m0/s1. The highest BCUT2D eigenvalue weighted by atomic mass is 32.2. The number of rotatable bonds is 11. The third-order valence-corrected chi connectivity index (χ3v) is 11.2. The van der Waals surface area contributed by atoms with E-state index in [2.05, 4.69) is 20.9 Å². The average molecular weight is 676 g/mol. The van der Waals surface area contributed by atoms with Crippen LogP contribution in [0, 0.1) is 23.3 Å². The van der Waals surface area contributed by atoms with E-state index < -0.39 is 68.4 Å². The molecule has 5 rings (SSSR count). The lowest BCUT2D eigenvalue weighted by Gasteiger charge is -2.37. The minimum atomic E-state index is -3.55. The third kappa shape index (κ3) is 8.17. The van der Waals surface area contributed by atoms with Crippen molar-refractivity contribution in [3.63, 3.8) is 0 Å². The second-order valence-electron chi connectivity index (χ2n) is 12.0. The Kier molecular flexibility index (Phi) is 10.9. The van der Waals surface area contributed by atoms with Gasteiger partial charge in [-0.05, 0) is 61.1 Å². The second-order valence-corrected chi connectivity index (χ2v) is 14.2.